The van der Waals surface area contributed by atoms with Crippen LogP contribution in [0.1, 0.15) is 115 Å². The number of hydrogen-bond donors (Lipinski definition) is 2. The molecule has 2 aromatic rings. The second-order valence-electron chi connectivity index (χ2n) is 15.6. The molecule has 0 amide bonds. The Morgan fingerprint density at radius 2 is 1.23 bits per heavy atom. The number of hydrogen-bond acceptors (Lipinski definition) is 9. The normalized spacial score (nSPS) is 15.5. The Morgan fingerprint density at radius 3 is 1.66 bits per heavy atom. The van der Waals surface area contributed by atoms with Crippen LogP contribution in [0.3, 0.4) is 0 Å². The van der Waals surface area contributed by atoms with Gasteiger partial charge in [0.25, 0.3) is 0 Å². The molecule has 1 aliphatic rings. The van der Waals surface area contributed by atoms with E-state index in [2.05, 4.69) is 58.0 Å². The fourth-order valence-electron chi connectivity index (χ4n) is 6.99. The number of aryl methyl sites for hydroxylation is 2. The van der Waals surface area contributed by atoms with Gasteiger partial charge in [-0.15, -0.1) is 0 Å². The predicted molar refractivity (Wildman–Crippen MR) is 230 cm³/mol. The van der Waals surface area contributed by atoms with Crippen molar-refractivity contribution in [3.8, 4) is 16.9 Å². The first-order valence-electron chi connectivity index (χ1n) is 20.0. The maximum atomic E-state index is 16.2. The molecule has 0 unspecified atom stereocenters. The molecular formula is C46H63FO7S2. The van der Waals surface area contributed by atoms with E-state index in [1.165, 1.54) is 59.3 Å². The van der Waals surface area contributed by atoms with Crippen LogP contribution in [0.15, 0.2) is 66.8 Å². The first kappa shape index (κ1) is 46.9. The Hall–Kier alpha value is -3.50. The first-order valence-corrected chi connectivity index (χ1v) is 21.3. The number of rotatable bonds is 24. The van der Waals surface area contributed by atoms with Crippen LogP contribution < -0.4 is 4.74 Å². The van der Waals surface area contributed by atoms with E-state index in [0.29, 0.717) is 41.6 Å². The minimum atomic E-state index is -1.34. The number of unbranched alkanes of at least 4 members (excludes halogenated alkanes) is 2. The van der Waals surface area contributed by atoms with Gasteiger partial charge in [-0.1, -0.05) is 64.5 Å². The third-order valence-electron chi connectivity index (χ3n) is 10.4. The SMILES string of the molecule is C=C(C)C(=O)OCC(COC(=O)C(=C)C)(COC(=O)C(=C)C)COc1c(CCCS)cc(-c2ccc(C3CCC(CCCCC)CC3)cc2F)cc1CCCS. The number of benzene rings is 2. The van der Waals surface area contributed by atoms with Crippen molar-refractivity contribution in [2.24, 2.45) is 11.3 Å². The Bertz CT molecular complexity index is 1570. The Kier molecular flexibility index (Phi) is 19.8. The van der Waals surface area contributed by atoms with Gasteiger partial charge in [0.15, 0.2) is 0 Å². The van der Waals surface area contributed by atoms with E-state index >= 15 is 4.39 Å². The molecule has 0 spiro atoms. The third kappa shape index (κ3) is 14.5. The summed E-state index contributed by atoms with van der Waals surface area (Å²) in [5.41, 5.74) is 3.20. The summed E-state index contributed by atoms with van der Waals surface area (Å²) in [6.07, 6.45) is 12.4. The molecule has 56 heavy (non-hydrogen) atoms. The molecule has 1 aliphatic carbocycles. The monoisotopic (exact) mass is 810 g/mol. The number of esters is 3. The van der Waals surface area contributed by atoms with Crippen molar-refractivity contribution in [1.82, 2.24) is 0 Å². The van der Waals surface area contributed by atoms with Crippen LogP contribution in [-0.2, 0) is 41.4 Å². The summed E-state index contributed by atoms with van der Waals surface area (Å²) in [4.78, 5) is 37.9. The van der Waals surface area contributed by atoms with Crippen molar-refractivity contribution in [1.29, 1.82) is 0 Å². The van der Waals surface area contributed by atoms with E-state index in [9.17, 15) is 14.4 Å². The average molecular weight is 811 g/mol. The lowest BCUT2D eigenvalue weighted by Gasteiger charge is -2.33. The van der Waals surface area contributed by atoms with Gasteiger partial charge in [0.2, 0.25) is 0 Å². The van der Waals surface area contributed by atoms with Crippen molar-refractivity contribution in [2.45, 2.75) is 111 Å². The molecule has 0 aromatic heterocycles. The quantitative estimate of drug-likeness (QED) is 0.0359. The molecule has 0 radical (unpaired) electrons. The Balaban J connectivity index is 2.02. The van der Waals surface area contributed by atoms with Crippen LogP contribution in [0, 0.1) is 17.2 Å². The summed E-state index contributed by atoms with van der Waals surface area (Å²) in [5, 5.41) is 0. The third-order valence-corrected chi connectivity index (χ3v) is 11.0. The highest BCUT2D eigenvalue weighted by Crippen LogP contribution is 2.40. The molecule has 0 saturated heterocycles. The van der Waals surface area contributed by atoms with Crippen LogP contribution in [0.2, 0.25) is 0 Å². The maximum Gasteiger partial charge on any atom is 0.333 e. The smallest absolute Gasteiger partial charge is 0.333 e. The van der Waals surface area contributed by atoms with Gasteiger partial charge in [0, 0.05) is 22.3 Å². The highest BCUT2D eigenvalue weighted by atomic mass is 32.1. The van der Waals surface area contributed by atoms with E-state index in [0.717, 1.165) is 53.9 Å². The summed E-state index contributed by atoms with van der Waals surface area (Å²) < 4.78 is 39.6. The van der Waals surface area contributed by atoms with Crippen LogP contribution >= 0.6 is 25.3 Å². The second-order valence-corrected chi connectivity index (χ2v) is 16.5. The van der Waals surface area contributed by atoms with Crippen molar-refractivity contribution in [2.75, 3.05) is 37.9 Å². The number of halogens is 1. The maximum absolute atomic E-state index is 16.2. The summed E-state index contributed by atoms with van der Waals surface area (Å²) in [6.45, 7) is 16.7. The molecule has 1 fully saturated rings. The van der Waals surface area contributed by atoms with E-state index in [1.807, 2.05) is 18.2 Å². The fraction of sp³-hybridized carbons (Fsp3) is 0.543. The standard InChI is InChI=1S/C46H63FO7S2/c1-8-9-10-13-34-16-18-35(19-17-34)36-20-21-40(41(47)26-36)39-24-37(14-11-22-55)42(38(25-39)15-12-23-56)51-27-46(28-52-43(48)31(2)3,29-53-44(49)32(4)5)30-54-45(50)33(6)7/h20-21,24-26,34-35,55-56H,2,4,6,8-19,22-23,27-30H2,1,3,5,7H3. The van der Waals surface area contributed by atoms with Crippen molar-refractivity contribution in [3.63, 3.8) is 0 Å². The van der Waals surface area contributed by atoms with Crippen LogP contribution in [-0.4, -0.2) is 55.8 Å². The van der Waals surface area contributed by atoms with Gasteiger partial charge in [-0.2, -0.15) is 25.3 Å². The molecule has 0 aliphatic heterocycles. The topological polar surface area (TPSA) is 88.1 Å². The highest BCUT2D eigenvalue weighted by Gasteiger charge is 2.38. The zero-order valence-electron chi connectivity index (χ0n) is 34.0. The summed E-state index contributed by atoms with van der Waals surface area (Å²) >= 11 is 8.96. The number of thiol groups is 2. The van der Waals surface area contributed by atoms with Gasteiger partial charge >= 0.3 is 17.9 Å². The van der Waals surface area contributed by atoms with Gasteiger partial charge in [-0.25, -0.2) is 18.8 Å². The average Bonchev–Trinajstić information content (AvgIpc) is 3.18. The van der Waals surface area contributed by atoms with E-state index in [1.54, 1.807) is 6.07 Å². The van der Waals surface area contributed by atoms with Crippen LogP contribution in [0.25, 0.3) is 11.1 Å². The van der Waals surface area contributed by atoms with Gasteiger partial charge in [-0.05, 0) is 136 Å². The zero-order valence-corrected chi connectivity index (χ0v) is 35.8. The number of carbonyl (C=O) groups excluding carboxylic acids is 3. The van der Waals surface area contributed by atoms with Crippen LogP contribution in [0.5, 0.6) is 5.75 Å². The minimum Gasteiger partial charge on any atom is -0.492 e. The van der Waals surface area contributed by atoms with Crippen molar-refractivity contribution in [3.05, 3.63) is 89.3 Å². The van der Waals surface area contributed by atoms with Crippen molar-refractivity contribution < 1.29 is 37.7 Å². The molecular weight excluding hydrogens is 748 g/mol. The molecule has 3 rings (SSSR count). The molecule has 0 N–H and O–H groups in total. The molecule has 7 nitrogen and oxygen atoms in total. The number of carbonyl (C=O) groups is 3. The minimum absolute atomic E-state index is 0.168. The first-order chi connectivity index (χ1) is 26.7. The predicted octanol–water partition coefficient (Wildman–Crippen LogP) is 10.8. The van der Waals surface area contributed by atoms with Gasteiger partial charge in [-0.3, -0.25) is 0 Å². The lowest BCUT2D eigenvalue weighted by Crippen LogP contribution is -2.44. The van der Waals surface area contributed by atoms with Gasteiger partial charge < -0.3 is 18.9 Å². The highest BCUT2D eigenvalue weighted by molar-refractivity contribution is 7.80. The van der Waals surface area contributed by atoms with Gasteiger partial charge in [0.1, 0.15) is 43.4 Å². The summed E-state index contributed by atoms with van der Waals surface area (Å²) in [7, 11) is 0. The molecule has 2 aromatic carbocycles. The lowest BCUT2D eigenvalue weighted by molar-refractivity contribution is -0.159. The Morgan fingerprint density at radius 1 is 0.732 bits per heavy atom. The lowest BCUT2D eigenvalue weighted by atomic mass is 9.77. The molecule has 1 saturated carbocycles. The summed E-state index contributed by atoms with van der Waals surface area (Å²) in [5.74, 6) is 0.727. The summed E-state index contributed by atoms with van der Waals surface area (Å²) in [6, 6.07) is 9.65. The molecule has 10 heteroatoms. The van der Waals surface area contributed by atoms with Gasteiger partial charge in [0.05, 0.1) is 0 Å². The Labute approximate surface area is 345 Å². The molecule has 308 valence electrons. The number of ether oxygens (including phenoxy) is 4. The largest absolute Gasteiger partial charge is 0.492 e. The second kappa shape index (κ2) is 23.7. The molecule has 0 heterocycles. The molecule has 0 atom stereocenters. The van der Waals surface area contributed by atoms with E-state index < -0.39 is 23.3 Å². The molecule has 0 bridgehead atoms. The van der Waals surface area contributed by atoms with E-state index in [-0.39, 0.29) is 49.0 Å². The van der Waals surface area contributed by atoms with Crippen molar-refractivity contribution >= 4 is 43.2 Å². The zero-order chi connectivity index (χ0) is 41.3. The fourth-order valence-corrected chi connectivity index (χ4v) is 7.31. The van der Waals surface area contributed by atoms with E-state index in [4.69, 9.17) is 18.9 Å². The van der Waals surface area contributed by atoms with Crippen LogP contribution in [0.4, 0.5) is 4.39 Å².